The van der Waals surface area contributed by atoms with Crippen LogP contribution in [-0.2, 0) is 0 Å². The van der Waals surface area contributed by atoms with Crippen LogP contribution in [-0.4, -0.2) is 17.9 Å². The molecule has 1 unspecified atom stereocenters. The molecule has 1 N–H and O–H groups in total. The second-order valence-electron chi connectivity index (χ2n) is 4.15. The fourth-order valence-electron chi connectivity index (χ4n) is 2.95. The van der Waals surface area contributed by atoms with Crippen LogP contribution in [0.5, 0.6) is 0 Å². The molecule has 0 heterocycles. The number of alkyl halides is 1. The molecule has 3 atom stereocenters. The lowest BCUT2D eigenvalue weighted by molar-refractivity contribution is 0.101. The monoisotopic (exact) mass is 158 g/mol. The average molecular weight is 158 g/mol. The Morgan fingerprint density at radius 3 is 3.00 bits per heavy atom. The topological polar surface area (TPSA) is 20.2 Å². The summed E-state index contributed by atoms with van der Waals surface area (Å²) >= 11 is 0. The van der Waals surface area contributed by atoms with Crippen molar-refractivity contribution >= 4 is 0 Å². The lowest BCUT2D eigenvalue weighted by Crippen LogP contribution is -2.24. The first-order valence-electron chi connectivity index (χ1n) is 4.52. The summed E-state index contributed by atoms with van der Waals surface area (Å²) in [7, 11) is 0. The molecular weight excluding hydrogens is 143 g/mol. The molecule has 0 aliphatic heterocycles. The molecule has 0 aromatic rings. The van der Waals surface area contributed by atoms with Crippen LogP contribution >= 0.6 is 0 Å². The maximum Gasteiger partial charge on any atom is 0.101 e. The highest BCUT2D eigenvalue weighted by molar-refractivity contribution is 4.99. The molecule has 0 aromatic carbocycles. The van der Waals surface area contributed by atoms with Gasteiger partial charge in [0.2, 0.25) is 0 Å². The van der Waals surface area contributed by atoms with Gasteiger partial charge in [-0.1, -0.05) is 6.42 Å². The molecule has 0 saturated heterocycles. The maximum absolute atomic E-state index is 13.0. The maximum atomic E-state index is 13.0. The minimum Gasteiger partial charge on any atom is -0.396 e. The molecule has 2 heteroatoms. The van der Waals surface area contributed by atoms with Crippen molar-refractivity contribution in [2.45, 2.75) is 38.3 Å². The van der Waals surface area contributed by atoms with Gasteiger partial charge in [-0.3, -0.25) is 0 Å². The SMILES string of the molecule is OC[C@@]12CCCC1C[C@H](F)C2. The number of fused-ring (bicyclic) bond motifs is 1. The lowest BCUT2D eigenvalue weighted by Gasteiger charge is -2.25. The van der Waals surface area contributed by atoms with Crippen molar-refractivity contribution in [3.05, 3.63) is 0 Å². The molecule has 2 fully saturated rings. The Morgan fingerprint density at radius 1 is 1.55 bits per heavy atom. The molecule has 0 aromatic heterocycles. The molecule has 2 saturated carbocycles. The first kappa shape index (κ1) is 7.53. The number of hydrogen-bond acceptors (Lipinski definition) is 1. The summed E-state index contributed by atoms with van der Waals surface area (Å²) in [4.78, 5) is 0. The molecule has 2 rings (SSSR count). The van der Waals surface area contributed by atoms with Gasteiger partial charge in [-0.05, 0) is 37.0 Å². The number of halogens is 1. The van der Waals surface area contributed by atoms with Crippen LogP contribution in [0.15, 0.2) is 0 Å². The van der Waals surface area contributed by atoms with Crippen molar-refractivity contribution in [1.29, 1.82) is 0 Å². The Morgan fingerprint density at radius 2 is 2.36 bits per heavy atom. The van der Waals surface area contributed by atoms with E-state index in [1.165, 1.54) is 6.42 Å². The van der Waals surface area contributed by atoms with Crippen molar-refractivity contribution in [3.8, 4) is 0 Å². The Kier molecular flexibility index (Phi) is 1.67. The molecule has 0 radical (unpaired) electrons. The Hall–Kier alpha value is -0.110. The van der Waals surface area contributed by atoms with E-state index >= 15 is 0 Å². The minimum absolute atomic E-state index is 0.000579. The highest BCUT2D eigenvalue weighted by Gasteiger charge is 2.49. The van der Waals surface area contributed by atoms with E-state index in [1.54, 1.807) is 0 Å². The van der Waals surface area contributed by atoms with Gasteiger partial charge in [0.05, 0.1) is 0 Å². The summed E-state index contributed by atoms with van der Waals surface area (Å²) in [5.74, 6) is 0.488. The number of hydrogen-bond donors (Lipinski definition) is 1. The molecule has 64 valence electrons. The molecule has 0 bridgehead atoms. The van der Waals surface area contributed by atoms with Crippen LogP contribution in [0.4, 0.5) is 4.39 Å². The zero-order chi connectivity index (χ0) is 7.90. The second-order valence-corrected chi connectivity index (χ2v) is 4.15. The van der Waals surface area contributed by atoms with Crippen LogP contribution < -0.4 is 0 Å². The van der Waals surface area contributed by atoms with Gasteiger partial charge in [-0.15, -0.1) is 0 Å². The van der Waals surface area contributed by atoms with Gasteiger partial charge in [-0.25, -0.2) is 4.39 Å². The van der Waals surface area contributed by atoms with Gasteiger partial charge in [0.1, 0.15) is 6.17 Å². The van der Waals surface area contributed by atoms with Gasteiger partial charge >= 0.3 is 0 Å². The van der Waals surface area contributed by atoms with E-state index in [0.717, 1.165) is 12.8 Å². The summed E-state index contributed by atoms with van der Waals surface area (Å²) in [6, 6.07) is 0. The van der Waals surface area contributed by atoms with Crippen molar-refractivity contribution in [3.63, 3.8) is 0 Å². The summed E-state index contributed by atoms with van der Waals surface area (Å²) in [6.07, 6.45) is 4.08. The molecule has 1 nitrogen and oxygen atoms in total. The molecular formula is C9H15FO. The quantitative estimate of drug-likeness (QED) is 0.618. The van der Waals surface area contributed by atoms with E-state index < -0.39 is 6.17 Å². The minimum atomic E-state index is -0.632. The van der Waals surface area contributed by atoms with E-state index in [1.807, 2.05) is 0 Å². The first-order chi connectivity index (χ1) is 5.27. The molecule has 2 aliphatic rings. The highest BCUT2D eigenvalue weighted by Crippen LogP contribution is 2.54. The standard InChI is InChI=1S/C9H15FO/c10-8-4-7-2-1-3-9(7,5-8)6-11/h7-8,11H,1-6H2/t7?,8-,9-/m0/s1. The summed E-state index contributed by atoms with van der Waals surface area (Å²) in [5, 5.41) is 9.18. The Balaban J connectivity index is 2.15. The fourth-order valence-corrected chi connectivity index (χ4v) is 2.95. The zero-order valence-electron chi connectivity index (χ0n) is 6.72. The third-order valence-corrected chi connectivity index (χ3v) is 3.58. The predicted octanol–water partition coefficient (Wildman–Crippen LogP) is 1.90. The van der Waals surface area contributed by atoms with Gasteiger partial charge in [0.15, 0.2) is 0 Å². The van der Waals surface area contributed by atoms with Crippen LogP contribution in [0.3, 0.4) is 0 Å². The Bertz CT molecular complexity index is 160. The third kappa shape index (κ3) is 0.994. The largest absolute Gasteiger partial charge is 0.396 e. The van der Waals surface area contributed by atoms with Crippen LogP contribution in [0.2, 0.25) is 0 Å². The summed E-state index contributed by atoms with van der Waals surface area (Å²) < 4.78 is 13.0. The average Bonchev–Trinajstić information content (AvgIpc) is 2.43. The summed E-state index contributed by atoms with van der Waals surface area (Å²) in [5.41, 5.74) is -0.000579. The first-order valence-corrected chi connectivity index (χ1v) is 4.52. The van der Waals surface area contributed by atoms with Gasteiger partial charge in [0, 0.05) is 6.61 Å². The molecule has 2 aliphatic carbocycles. The van der Waals surface area contributed by atoms with Crippen molar-refractivity contribution in [1.82, 2.24) is 0 Å². The predicted molar refractivity (Wildman–Crippen MR) is 41.0 cm³/mol. The Labute approximate surface area is 66.6 Å². The summed E-state index contributed by atoms with van der Waals surface area (Å²) in [6.45, 7) is 0.206. The highest BCUT2D eigenvalue weighted by atomic mass is 19.1. The lowest BCUT2D eigenvalue weighted by atomic mass is 9.81. The number of aliphatic hydroxyl groups excluding tert-OH is 1. The third-order valence-electron chi connectivity index (χ3n) is 3.58. The zero-order valence-corrected chi connectivity index (χ0v) is 6.72. The van der Waals surface area contributed by atoms with E-state index in [2.05, 4.69) is 0 Å². The number of rotatable bonds is 1. The van der Waals surface area contributed by atoms with Crippen molar-refractivity contribution in [2.75, 3.05) is 6.61 Å². The van der Waals surface area contributed by atoms with Crippen LogP contribution in [0, 0.1) is 11.3 Å². The second kappa shape index (κ2) is 2.44. The van der Waals surface area contributed by atoms with Crippen LogP contribution in [0.1, 0.15) is 32.1 Å². The van der Waals surface area contributed by atoms with Gasteiger partial charge in [-0.2, -0.15) is 0 Å². The molecule has 11 heavy (non-hydrogen) atoms. The van der Waals surface area contributed by atoms with E-state index in [-0.39, 0.29) is 12.0 Å². The van der Waals surface area contributed by atoms with E-state index in [9.17, 15) is 9.50 Å². The van der Waals surface area contributed by atoms with E-state index in [0.29, 0.717) is 18.8 Å². The molecule has 0 spiro atoms. The smallest absolute Gasteiger partial charge is 0.101 e. The van der Waals surface area contributed by atoms with Gasteiger partial charge < -0.3 is 5.11 Å². The van der Waals surface area contributed by atoms with E-state index in [4.69, 9.17) is 0 Å². The fraction of sp³-hybridized carbons (Fsp3) is 1.00. The molecule has 0 amide bonds. The van der Waals surface area contributed by atoms with Gasteiger partial charge in [0.25, 0.3) is 0 Å². The normalized spacial score (nSPS) is 49.6. The van der Waals surface area contributed by atoms with Crippen molar-refractivity contribution < 1.29 is 9.50 Å². The van der Waals surface area contributed by atoms with Crippen LogP contribution in [0.25, 0.3) is 0 Å². The number of aliphatic hydroxyl groups is 1. The van der Waals surface area contributed by atoms with Crippen molar-refractivity contribution in [2.24, 2.45) is 11.3 Å².